The smallest absolute Gasteiger partial charge is 0.148 e. The van der Waals surface area contributed by atoms with Crippen molar-refractivity contribution in [2.75, 3.05) is 19.0 Å². The number of benzene rings is 1. The third-order valence-corrected chi connectivity index (χ3v) is 2.69. The summed E-state index contributed by atoms with van der Waals surface area (Å²) in [7, 11) is 1.69. The lowest BCUT2D eigenvalue weighted by Gasteiger charge is -2.09. The molecule has 0 aliphatic carbocycles. The van der Waals surface area contributed by atoms with E-state index in [1.54, 1.807) is 7.11 Å². The zero-order chi connectivity index (χ0) is 12.8. The summed E-state index contributed by atoms with van der Waals surface area (Å²) in [6, 6.07) is 11.9. The van der Waals surface area contributed by atoms with Crippen molar-refractivity contribution in [3.05, 3.63) is 47.7 Å². The van der Waals surface area contributed by atoms with Crippen molar-refractivity contribution in [3.8, 4) is 5.75 Å². The minimum Gasteiger partial charge on any atom is -0.496 e. The van der Waals surface area contributed by atoms with Crippen molar-refractivity contribution in [3.63, 3.8) is 0 Å². The Balaban J connectivity index is 1.90. The van der Waals surface area contributed by atoms with E-state index in [1.165, 1.54) is 5.56 Å². The Bertz CT molecular complexity index is 497. The van der Waals surface area contributed by atoms with Crippen LogP contribution in [0.5, 0.6) is 5.75 Å². The van der Waals surface area contributed by atoms with Crippen molar-refractivity contribution < 1.29 is 4.74 Å². The summed E-state index contributed by atoms with van der Waals surface area (Å²) < 4.78 is 5.31. The normalized spacial score (nSPS) is 10.1. The van der Waals surface area contributed by atoms with Gasteiger partial charge < -0.3 is 10.1 Å². The summed E-state index contributed by atoms with van der Waals surface area (Å²) in [5.74, 6) is 1.73. The van der Waals surface area contributed by atoms with Gasteiger partial charge in [0.2, 0.25) is 0 Å². The molecule has 0 amide bonds. The second-order valence-electron chi connectivity index (χ2n) is 4.05. The zero-order valence-electron chi connectivity index (χ0n) is 10.7. The Morgan fingerprint density at radius 3 is 2.67 bits per heavy atom. The van der Waals surface area contributed by atoms with Crippen LogP contribution in [0.1, 0.15) is 11.3 Å². The molecule has 1 heterocycles. The standard InChI is InChI=1S/C14H17N3O/c1-11-7-8-14(17-16-11)15-10-9-12-5-3-4-6-13(12)18-2/h3-8H,9-10H2,1-2H3,(H,15,17). The fourth-order valence-corrected chi connectivity index (χ4v) is 1.73. The second-order valence-corrected chi connectivity index (χ2v) is 4.05. The van der Waals surface area contributed by atoms with Gasteiger partial charge in [0.25, 0.3) is 0 Å². The van der Waals surface area contributed by atoms with Crippen LogP contribution < -0.4 is 10.1 Å². The molecule has 4 heteroatoms. The topological polar surface area (TPSA) is 47.0 Å². The molecule has 0 radical (unpaired) electrons. The van der Waals surface area contributed by atoms with Gasteiger partial charge in [-0.1, -0.05) is 18.2 Å². The Morgan fingerprint density at radius 2 is 1.94 bits per heavy atom. The Labute approximate surface area is 107 Å². The molecule has 0 bridgehead atoms. The molecule has 2 aromatic rings. The lowest BCUT2D eigenvalue weighted by molar-refractivity contribution is 0.410. The van der Waals surface area contributed by atoms with Crippen LogP contribution in [-0.4, -0.2) is 23.9 Å². The lowest BCUT2D eigenvalue weighted by Crippen LogP contribution is -2.07. The average Bonchev–Trinajstić information content (AvgIpc) is 2.41. The van der Waals surface area contributed by atoms with Gasteiger partial charge in [-0.2, -0.15) is 5.10 Å². The van der Waals surface area contributed by atoms with E-state index in [0.29, 0.717) is 0 Å². The van der Waals surface area contributed by atoms with Gasteiger partial charge in [0.15, 0.2) is 0 Å². The fourth-order valence-electron chi connectivity index (χ4n) is 1.73. The first-order valence-corrected chi connectivity index (χ1v) is 5.95. The molecule has 0 unspecified atom stereocenters. The third-order valence-electron chi connectivity index (χ3n) is 2.69. The quantitative estimate of drug-likeness (QED) is 0.876. The number of aryl methyl sites for hydroxylation is 1. The maximum Gasteiger partial charge on any atom is 0.148 e. The minimum absolute atomic E-state index is 0.801. The van der Waals surface area contributed by atoms with Crippen LogP contribution >= 0.6 is 0 Å². The predicted molar refractivity (Wildman–Crippen MR) is 72.0 cm³/mol. The van der Waals surface area contributed by atoms with Crippen LogP contribution in [0.3, 0.4) is 0 Å². The maximum absolute atomic E-state index is 5.31. The molecule has 1 N–H and O–H groups in total. The van der Waals surface area contributed by atoms with Gasteiger partial charge in [-0.25, -0.2) is 0 Å². The molecule has 0 saturated carbocycles. The number of nitrogens with zero attached hydrogens (tertiary/aromatic N) is 2. The number of ether oxygens (including phenoxy) is 1. The molecule has 0 saturated heterocycles. The van der Waals surface area contributed by atoms with E-state index in [1.807, 2.05) is 37.3 Å². The van der Waals surface area contributed by atoms with Gasteiger partial charge in [0.1, 0.15) is 11.6 Å². The summed E-state index contributed by atoms with van der Waals surface area (Å²) in [5.41, 5.74) is 2.11. The molecule has 0 fully saturated rings. The lowest BCUT2D eigenvalue weighted by atomic mass is 10.1. The molecule has 2 rings (SSSR count). The summed E-state index contributed by atoms with van der Waals surface area (Å²) >= 11 is 0. The number of hydrogen-bond acceptors (Lipinski definition) is 4. The Kier molecular flexibility index (Phi) is 4.12. The van der Waals surface area contributed by atoms with Gasteiger partial charge in [-0.05, 0) is 37.1 Å². The second kappa shape index (κ2) is 6.00. The van der Waals surface area contributed by atoms with Gasteiger partial charge in [-0.3, -0.25) is 0 Å². The summed E-state index contributed by atoms with van der Waals surface area (Å²) in [6.07, 6.45) is 0.888. The number of anilines is 1. The first kappa shape index (κ1) is 12.4. The summed E-state index contributed by atoms with van der Waals surface area (Å²) in [4.78, 5) is 0. The number of methoxy groups -OCH3 is 1. The van der Waals surface area contributed by atoms with E-state index in [9.17, 15) is 0 Å². The highest BCUT2D eigenvalue weighted by molar-refractivity contribution is 5.36. The fraction of sp³-hybridized carbons (Fsp3) is 0.286. The SMILES string of the molecule is COc1ccccc1CCNc1ccc(C)nn1. The number of hydrogen-bond donors (Lipinski definition) is 1. The monoisotopic (exact) mass is 243 g/mol. The van der Waals surface area contributed by atoms with E-state index in [2.05, 4.69) is 21.6 Å². The van der Waals surface area contributed by atoms with Gasteiger partial charge >= 0.3 is 0 Å². The minimum atomic E-state index is 0.801. The number of rotatable bonds is 5. The van der Waals surface area contributed by atoms with Crippen LogP contribution in [0, 0.1) is 6.92 Å². The molecule has 0 aliphatic rings. The first-order chi connectivity index (χ1) is 8.79. The van der Waals surface area contributed by atoms with Crippen LogP contribution in [-0.2, 0) is 6.42 Å². The summed E-state index contributed by atoms with van der Waals surface area (Å²) in [6.45, 7) is 2.73. The van der Waals surface area contributed by atoms with Crippen molar-refractivity contribution in [1.29, 1.82) is 0 Å². The van der Waals surface area contributed by atoms with Gasteiger partial charge in [0.05, 0.1) is 12.8 Å². The van der Waals surface area contributed by atoms with Gasteiger partial charge in [0, 0.05) is 6.54 Å². The highest BCUT2D eigenvalue weighted by Crippen LogP contribution is 2.17. The Morgan fingerprint density at radius 1 is 1.11 bits per heavy atom. The third kappa shape index (κ3) is 3.20. The van der Waals surface area contributed by atoms with E-state index < -0.39 is 0 Å². The van der Waals surface area contributed by atoms with Crippen molar-refractivity contribution in [2.45, 2.75) is 13.3 Å². The molecule has 0 atom stereocenters. The number of nitrogens with one attached hydrogen (secondary N) is 1. The summed E-state index contributed by atoms with van der Waals surface area (Å²) in [5, 5.41) is 11.3. The molecule has 94 valence electrons. The van der Waals surface area contributed by atoms with Crippen LogP contribution in [0.2, 0.25) is 0 Å². The Hall–Kier alpha value is -2.10. The average molecular weight is 243 g/mol. The largest absolute Gasteiger partial charge is 0.496 e. The highest BCUT2D eigenvalue weighted by atomic mass is 16.5. The van der Waals surface area contributed by atoms with E-state index >= 15 is 0 Å². The molecule has 4 nitrogen and oxygen atoms in total. The van der Waals surface area contributed by atoms with E-state index in [-0.39, 0.29) is 0 Å². The molecule has 0 aliphatic heterocycles. The van der Waals surface area contributed by atoms with Crippen LogP contribution in [0.4, 0.5) is 5.82 Å². The number of aromatic nitrogens is 2. The first-order valence-electron chi connectivity index (χ1n) is 5.95. The van der Waals surface area contributed by atoms with Crippen LogP contribution in [0.25, 0.3) is 0 Å². The molecule has 1 aromatic carbocycles. The number of para-hydroxylation sites is 1. The zero-order valence-corrected chi connectivity index (χ0v) is 10.7. The molecular weight excluding hydrogens is 226 g/mol. The predicted octanol–water partition coefficient (Wildman–Crippen LogP) is 2.45. The van der Waals surface area contributed by atoms with Crippen molar-refractivity contribution >= 4 is 5.82 Å². The van der Waals surface area contributed by atoms with Crippen molar-refractivity contribution in [2.24, 2.45) is 0 Å². The van der Waals surface area contributed by atoms with E-state index in [0.717, 1.165) is 30.2 Å². The van der Waals surface area contributed by atoms with Crippen LogP contribution in [0.15, 0.2) is 36.4 Å². The molecule has 1 aromatic heterocycles. The molecule has 18 heavy (non-hydrogen) atoms. The van der Waals surface area contributed by atoms with E-state index in [4.69, 9.17) is 4.74 Å². The highest BCUT2D eigenvalue weighted by Gasteiger charge is 2.01. The maximum atomic E-state index is 5.31. The van der Waals surface area contributed by atoms with Gasteiger partial charge in [-0.15, -0.1) is 5.10 Å². The molecular formula is C14H17N3O. The molecule has 0 spiro atoms. The van der Waals surface area contributed by atoms with Crippen molar-refractivity contribution in [1.82, 2.24) is 10.2 Å².